The van der Waals surface area contributed by atoms with Gasteiger partial charge in [-0.05, 0) is 49.3 Å². The fourth-order valence-corrected chi connectivity index (χ4v) is 4.30. The number of anilines is 1. The lowest BCUT2D eigenvalue weighted by atomic mass is 9.84. The van der Waals surface area contributed by atoms with E-state index in [1.165, 1.54) is 7.11 Å². The Labute approximate surface area is 152 Å². The third kappa shape index (κ3) is 3.90. The van der Waals surface area contributed by atoms with Crippen LogP contribution >= 0.6 is 11.6 Å². The van der Waals surface area contributed by atoms with Gasteiger partial charge in [0.2, 0.25) is 11.8 Å². The van der Waals surface area contributed by atoms with Gasteiger partial charge in [0.15, 0.2) is 0 Å². The normalized spacial score (nSPS) is 27.2. The van der Waals surface area contributed by atoms with Gasteiger partial charge in [-0.3, -0.25) is 9.59 Å². The van der Waals surface area contributed by atoms with Crippen LogP contribution in [0.15, 0.2) is 18.2 Å². The van der Waals surface area contributed by atoms with Crippen LogP contribution in [0.2, 0.25) is 5.02 Å². The van der Waals surface area contributed by atoms with E-state index in [2.05, 4.69) is 10.6 Å². The molecule has 0 aliphatic heterocycles. The minimum Gasteiger partial charge on any atom is -0.495 e. The predicted molar refractivity (Wildman–Crippen MR) is 96.6 cm³/mol. The molecule has 4 N–H and O–H groups in total. The molecule has 0 radical (unpaired) electrons. The summed E-state index contributed by atoms with van der Waals surface area (Å²) in [6.07, 6.45) is 3.47. The number of fused-ring (bicyclic) bond motifs is 2. The van der Waals surface area contributed by atoms with Gasteiger partial charge < -0.3 is 21.1 Å². The van der Waals surface area contributed by atoms with E-state index in [-0.39, 0.29) is 36.7 Å². The van der Waals surface area contributed by atoms with E-state index in [9.17, 15) is 9.59 Å². The summed E-state index contributed by atoms with van der Waals surface area (Å²) in [7, 11) is 1.53. The van der Waals surface area contributed by atoms with Crippen molar-refractivity contribution in [2.45, 2.75) is 31.7 Å². The van der Waals surface area contributed by atoms with Crippen LogP contribution in [0.5, 0.6) is 5.75 Å². The summed E-state index contributed by atoms with van der Waals surface area (Å²) >= 11 is 5.94. The molecule has 2 aliphatic carbocycles. The predicted octanol–water partition coefficient (Wildman–Crippen LogP) is 2.17. The van der Waals surface area contributed by atoms with Crippen molar-refractivity contribution in [3.63, 3.8) is 0 Å². The van der Waals surface area contributed by atoms with E-state index < -0.39 is 0 Å². The van der Waals surface area contributed by atoms with E-state index in [0.717, 1.165) is 19.3 Å². The molecule has 3 rings (SSSR count). The molecule has 2 aliphatic rings. The molecule has 2 bridgehead atoms. The van der Waals surface area contributed by atoms with Gasteiger partial charge in [-0.2, -0.15) is 0 Å². The van der Waals surface area contributed by atoms with Crippen molar-refractivity contribution in [2.75, 3.05) is 19.0 Å². The van der Waals surface area contributed by atoms with E-state index in [1.807, 2.05) is 0 Å². The second kappa shape index (κ2) is 7.62. The lowest BCUT2D eigenvalue weighted by Gasteiger charge is -2.26. The Morgan fingerprint density at radius 1 is 1.32 bits per heavy atom. The average Bonchev–Trinajstić information content (AvgIpc) is 3.16. The van der Waals surface area contributed by atoms with Crippen LogP contribution in [0.3, 0.4) is 0 Å². The smallest absolute Gasteiger partial charge is 0.226 e. The van der Waals surface area contributed by atoms with Crippen molar-refractivity contribution in [2.24, 2.45) is 23.5 Å². The molecule has 2 amide bonds. The SMILES string of the molecule is COc1ccc(Cl)cc1NC(=O)CCNC(=O)C1C2CCC(C2)C1N. The van der Waals surface area contributed by atoms with E-state index >= 15 is 0 Å². The van der Waals surface area contributed by atoms with Gasteiger partial charge in [-0.15, -0.1) is 0 Å². The van der Waals surface area contributed by atoms with E-state index in [0.29, 0.717) is 28.3 Å². The number of amides is 2. The zero-order chi connectivity index (χ0) is 18.0. The first-order valence-corrected chi connectivity index (χ1v) is 9.04. The summed E-state index contributed by atoms with van der Waals surface area (Å²) in [4.78, 5) is 24.5. The first-order valence-electron chi connectivity index (χ1n) is 8.66. The van der Waals surface area contributed by atoms with Crippen LogP contribution in [-0.4, -0.2) is 31.5 Å². The molecule has 0 spiro atoms. The van der Waals surface area contributed by atoms with E-state index in [4.69, 9.17) is 22.1 Å². The zero-order valence-corrected chi connectivity index (χ0v) is 15.0. The third-order valence-electron chi connectivity index (χ3n) is 5.37. The molecule has 4 atom stereocenters. The molecule has 2 fully saturated rings. The Hall–Kier alpha value is -1.79. The van der Waals surface area contributed by atoms with Gasteiger partial charge in [0.1, 0.15) is 5.75 Å². The number of hydrogen-bond acceptors (Lipinski definition) is 4. The molecule has 1 aromatic carbocycles. The zero-order valence-electron chi connectivity index (χ0n) is 14.3. The number of benzene rings is 1. The highest BCUT2D eigenvalue weighted by Crippen LogP contribution is 2.47. The molecule has 6 nitrogen and oxygen atoms in total. The van der Waals surface area contributed by atoms with Crippen LogP contribution in [0.4, 0.5) is 5.69 Å². The third-order valence-corrected chi connectivity index (χ3v) is 5.61. The maximum absolute atomic E-state index is 12.4. The number of carbonyl (C=O) groups excluding carboxylic acids is 2. The highest BCUT2D eigenvalue weighted by Gasteiger charge is 2.48. The van der Waals surface area contributed by atoms with Crippen molar-refractivity contribution in [3.05, 3.63) is 23.2 Å². The van der Waals surface area contributed by atoms with Crippen LogP contribution in [0, 0.1) is 17.8 Å². The monoisotopic (exact) mass is 365 g/mol. The Morgan fingerprint density at radius 3 is 2.76 bits per heavy atom. The molecular formula is C18H24ClN3O3. The minimum absolute atomic E-state index is 0.0205. The highest BCUT2D eigenvalue weighted by atomic mass is 35.5. The topological polar surface area (TPSA) is 93.5 Å². The molecule has 136 valence electrons. The van der Waals surface area contributed by atoms with Crippen molar-refractivity contribution < 1.29 is 14.3 Å². The van der Waals surface area contributed by atoms with Crippen LogP contribution in [0.25, 0.3) is 0 Å². The summed E-state index contributed by atoms with van der Waals surface area (Å²) < 4.78 is 5.19. The largest absolute Gasteiger partial charge is 0.495 e. The molecule has 2 saturated carbocycles. The first-order chi connectivity index (χ1) is 12.0. The van der Waals surface area contributed by atoms with Crippen LogP contribution in [-0.2, 0) is 9.59 Å². The maximum atomic E-state index is 12.4. The van der Waals surface area contributed by atoms with Gasteiger partial charge in [-0.25, -0.2) is 0 Å². The number of nitrogens with one attached hydrogen (secondary N) is 2. The Kier molecular flexibility index (Phi) is 5.49. The Balaban J connectivity index is 1.47. The fourth-order valence-electron chi connectivity index (χ4n) is 4.13. The quantitative estimate of drug-likeness (QED) is 0.720. The van der Waals surface area contributed by atoms with Gasteiger partial charge in [0.25, 0.3) is 0 Å². The van der Waals surface area contributed by atoms with Crippen LogP contribution in [0.1, 0.15) is 25.7 Å². The fraction of sp³-hybridized carbons (Fsp3) is 0.556. The second-order valence-electron chi connectivity index (χ2n) is 6.87. The summed E-state index contributed by atoms with van der Waals surface area (Å²) in [5, 5.41) is 6.13. The lowest BCUT2D eigenvalue weighted by Crippen LogP contribution is -2.45. The molecule has 4 unspecified atom stereocenters. The summed E-state index contributed by atoms with van der Waals surface area (Å²) in [6, 6.07) is 4.97. The van der Waals surface area contributed by atoms with Crippen molar-refractivity contribution in [1.29, 1.82) is 0 Å². The summed E-state index contributed by atoms with van der Waals surface area (Å²) in [5.41, 5.74) is 6.69. The summed E-state index contributed by atoms with van der Waals surface area (Å²) in [6.45, 7) is 0.286. The molecule has 0 heterocycles. The van der Waals surface area contributed by atoms with Gasteiger partial charge >= 0.3 is 0 Å². The molecule has 1 aromatic rings. The molecule has 0 aromatic heterocycles. The number of rotatable bonds is 6. The number of ether oxygens (including phenoxy) is 1. The van der Waals surface area contributed by atoms with Crippen molar-refractivity contribution in [3.8, 4) is 5.75 Å². The number of hydrogen-bond donors (Lipinski definition) is 3. The number of carbonyl (C=O) groups is 2. The molecule has 0 saturated heterocycles. The summed E-state index contributed by atoms with van der Waals surface area (Å²) in [5.74, 6) is 1.10. The first kappa shape index (κ1) is 18.0. The van der Waals surface area contributed by atoms with Gasteiger partial charge in [0, 0.05) is 24.0 Å². The molecule has 25 heavy (non-hydrogen) atoms. The maximum Gasteiger partial charge on any atom is 0.226 e. The lowest BCUT2D eigenvalue weighted by molar-refractivity contribution is -0.127. The van der Waals surface area contributed by atoms with Gasteiger partial charge in [0.05, 0.1) is 18.7 Å². The van der Waals surface area contributed by atoms with Crippen LogP contribution < -0.4 is 21.1 Å². The second-order valence-corrected chi connectivity index (χ2v) is 7.31. The number of nitrogens with two attached hydrogens (primary N) is 1. The van der Waals surface area contributed by atoms with E-state index in [1.54, 1.807) is 18.2 Å². The molecule has 7 heteroatoms. The van der Waals surface area contributed by atoms with Crippen molar-refractivity contribution in [1.82, 2.24) is 5.32 Å². The average molecular weight is 366 g/mol. The highest BCUT2D eigenvalue weighted by molar-refractivity contribution is 6.31. The molecular weight excluding hydrogens is 342 g/mol. The number of halogens is 1. The standard InChI is InChI=1S/C18H24ClN3O3/c1-25-14-5-4-12(19)9-13(14)22-15(23)6-7-21-18(24)16-10-2-3-11(8-10)17(16)20/h4-5,9-11,16-17H,2-3,6-8,20H2,1H3,(H,21,24)(H,22,23). The Bertz CT molecular complexity index is 665. The van der Waals surface area contributed by atoms with Gasteiger partial charge in [-0.1, -0.05) is 11.6 Å². The number of methoxy groups -OCH3 is 1. The minimum atomic E-state index is -0.210. The Morgan fingerprint density at radius 2 is 2.08 bits per heavy atom. The van der Waals surface area contributed by atoms with Crippen molar-refractivity contribution >= 4 is 29.1 Å².